The maximum absolute atomic E-state index is 13.3. The first kappa shape index (κ1) is 20.7. The molecule has 0 saturated heterocycles. The van der Waals surface area contributed by atoms with Gasteiger partial charge in [0.15, 0.2) is 0 Å². The lowest BCUT2D eigenvalue weighted by atomic mass is 9.49. The quantitative estimate of drug-likeness (QED) is 0.422. The molecule has 1 aliphatic heterocycles. The second kappa shape index (κ2) is 7.70. The third-order valence-corrected chi connectivity index (χ3v) is 9.58. The van der Waals surface area contributed by atoms with Crippen LogP contribution in [0.3, 0.4) is 0 Å². The van der Waals surface area contributed by atoms with Crippen LogP contribution in [0.25, 0.3) is 11.4 Å². The minimum Gasteiger partial charge on any atom is -0.338 e. The molecule has 8 rings (SSSR count). The zero-order chi connectivity index (χ0) is 22.9. The van der Waals surface area contributed by atoms with Crippen LogP contribution < -0.4 is 4.90 Å². The molecule has 6 heteroatoms. The smallest absolute Gasteiger partial charge is 0.259 e. The van der Waals surface area contributed by atoms with Crippen LogP contribution in [0.5, 0.6) is 0 Å². The van der Waals surface area contributed by atoms with E-state index in [0.29, 0.717) is 12.4 Å². The first-order valence-electron chi connectivity index (χ1n) is 12.7. The van der Waals surface area contributed by atoms with Crippen molar-refractivity contribution < 1.29 is 9.32 Å². The van der Waals surface area contributed by atoms with E-state index in [0.717, 1.165) is 56.7 Å². The molecule has 0 radical (unpaired) electrons. The molecule has 0 atom stereocenters. The van der Waals surface area contributed by atoms with E-state index in [1.165, 1.54) is 38.5 Å². The molecular weight excluding hydrogens is 442 g/mol. The molecule has 174 valence electrons. The molecule has 5 nitrogen and oxygen atoms in total. The Morgan fingerprint density at radius 3 is 2.50 bits per heavy atom. The van der Waals surface area contributed by atoms with Crippen LogP contribution in [0.1, 0.15) is 68.1 Å². The van der Waals surface area contributed by atoms with E-state index in [-0.39, 0.29) is 11.3 Å². The van der Waals surface area contributed by atoms with Crippen LogP contribution in [0.15, 0.2) is 56.8 Å². The van der Waals surface area contributed by atoms with Gasteiger partial charge in [0.25, 0.3) is 5.91 Å². The van der Waals surface area contributed by atoms with Gasteiger partial charge in [0.1, 0.15) is 0 Å². The van der Waals surface area contributed by atoms with Gasteiger partial charge in [-0.1, -0.05) is 36.0 Å². The molecule has 2 heterocycles. The van der Waals surface area contributed by atoms with Crippen molar-refractivity contribution in [3.63, 3.8) is 0 Å². The second-order valence-corrected chi connectivity index (χ2v) is 11.9. The molecular formula is C28H29N3O2S. The largest absolute Gasteiger partial charge is 0.338 e. The van der Waals surface area contributed by atoms with Crippen molar-refractivity contribution in [1.82, 2.24) is 10.1 Å². The maximum atomic E-state index is 13.3. The number of carbonyl (C=O) groups is 1. The highest BCUT2D eigenvalue weighted by molar-refractivity contribution is 7.99. The lowest BCUT2D eigenvalue weighted by molar-refractivity contribution is -0.0201. The summed E-state index contributed by atoms with van der Waals surface area (Å²) in [5, 5.41) is 4.45. The minimum atomic E-state index is 0.0695. The van der Waals surface area contributed by atoms with Gasteiger partial charge in [-0.05, 0) is 93.0 Å². The first-order valence-corrected chi connectivity index (χ1v) is 13.5. The van der Waals surface area contributed by atoms with Gasteiger partial charge in [-0.25, -0.2) is 0 Å². The van der Waals surface area contributed by atoms with E-state index in [1.807, 2.05) is 35.2 Å². The van der Waals surface area contributed by atoms with E-state index in [1.54, 1.807) is 11.8 Å². The van der Waals surface area contributed by atoms with Crippen LogP contribution >= 0.6 is 11.8 Å². The van der Waals surface area contributed by atoms with E-state index < -0.39 is 0 Å². The first-order chi connectivity index (χ1) is 16.6. The normalized spacial score (nSPS) is 29.1. The molecule has 5 aliphatic rings. The van der Waals surface area contributed by atoms with Gasteiger partial charge in [-0.2, -0.15) is 4.98 Å². The summed E-state index contributed by atoms with van der Waals surface area (Å²) in [5.74, 6) is 4.12. The summed E-state index contributed by atoms with van der Waals surface area (Å²) in [6.07, 6.45) is 8.74. The highest BCUT2D eigenvalue weighted by Crippen LogP contribution is 2.60. The minimum absolute atomic E-state index is 0.0695. The van der Waals surface area contributed by atoms with Crippen LogP contribution in [-0.4, -0.2) is 22.6 Å². The van der Waals surface area contributed by atoms with E-state index in [9.17, 15) is 4.79 Å². The highest BCUT2D eigenvalue weighted by atomic mass is 32.2. The number of hydrogen-bond acceptors (Lipinski definition) is 5. The molecule has 4 aliphatic carbocycles. The third kappa shape index (κ3) is 3.18. The van der Waals surface area contributed by atoms with E-state index in [4.69, 9.17) is 9.51 Å². The van der Waals surface area contributed by atoms with E-state index >= 15 is 0 Å². The lowest BCUT2D eigenvalue weighted by Crippen LogP contribution is -2.48. The Balaban J connectivity index is 1.26. The van der Waals surface area contributed by atoms with Crippen molar-refractivity contribution in [2.45, 2.75) is 67.1 Å². The summed E-state index contributed by atoms with van der Waals surface area (Å²) in [7, 11) is 0. The fourth-order valence-electron chi connectivity index (χ4n) is 7.44. The zero-order valence-corrected chi connectivity index (χ0v) is 20.3. The fraction of sp³-hybridized carbons (Fsp3) is 0.464. The number of amides is 1. The van der Waals surface area contributed by atoms with Gasteiger partial charge in [0.2, 0.25) is 11.7 Å². The molecule has 0 spiro atoms. The molecule has 34 heavy (non-hydrogen) atoms. The summed E-state index contributed by atoms with van der Waals surface area (Å²) in [5.41, 5.74) is 2.78. The summed E-state index contributed by atoms with van der Waals surface area (Å²) in [6, 6.07) is 14.1. The van der Waals surface area contributed by atoms with Crippen molar-refractivity contribution in [2.24, 2.45) is 17.8 Å². The summed E-state index contributed by atoms with van der Waals surface area (Å²) in [6.45, 7) is 2.80. The van der Waals surface area contributed by atoms with Gasteiger partial charge in [0.05, 0.1) is 16.7 Å². The number of hydrogen-bond donors (Lipinski definition) is 0. The van der Waals surface area contributed by atoms with Gasteiger partial charge >= 0.3 is 0 Å². The molecule has 0 N–H and O–H groups in total. The Morgan fingerprint density at radius 2 is 1.76 bits per heavy atom. The molecule has 0 unspecified atom stereocenters. The number of carbonyl (C=O) groups excluding carboxylic acids is 1. The predicted molar refractivity (Wildman–Crippen MR) is 132 cm³/mol. The Hall–Kier alpha value is -2.60. The lowest BCUT2D eigenvalue weighted by Gasteiger charge is -2.55. The van der Waals surface area contributed by atoms with Crippen molar-refractivity contribution in [1.29, 1.82) is 0 Å². The molecule has 4 saturated carbocycles. The standard InChI is InChI=1S/C28H29N3O2S/c1-2-9-31-22-8-7-20(13-24(22)34-23-6-4-3-5-21(23)26(31)32)25-29-27(33-30-25)28-14-17-10-18(15-28)12-19(11-17)16-28/h3-8,13,17-19H,2,9-12,14-16H2,1H3. The number of rotatable bonds is 4. The molecule has 1 amide bonds. The predicted octanol–water partition coefficient (Wildman–Crippen LogP) is 6.73. The van der Waals surface area contributed by atoms with Gasteiger partial charge in [0, 0.05) is 21.9 Å². The highest BCUT2D eigenvalue weighted by Gasteiger charge is 2.54. The monoisotopic (exact) mass is 471 g/mol. The summed E-state index contributed by atoms with van der Waals surface area (Å²) < 4.78 is 5.97. The number of benzene rings is 2. The Labute approximate surface area is 204 Å². The summed E-state index contributed by atoms with van der Waals surface area (Å²) in [4.78, 5) is 22.3. The maximum Gasteiger partial charge on any atom is 0.259 e. The zero-order valence-electron chi connectivity index (χ0n) is 19.5. The molecule has 1 aromatic heterocycles. The average molecular weight is 472 g/mol. The van der Waals surface area contributed by atoms with Crippen LogP contribution in [0, 0.1) is 17.8 Å². The van der Waals surface area contributed by atoms with Gasteiger partial charge in [-0.15, -0.1) is 0 Å². The van der Waals surface area contributed by atoms with Gasteiger partial charge in [-0.3, -0.25) is 4.79 Å². The Morgan fingerprint density at radius 1 is 1.03 bits per heavy atom. The second-order valence-electron chi connectivity index (χ2n) is 10.9. The van der Waals surface area contributed by atoms with E-state index in [2.05, 4.69) is 24.2 Å². The average Bonchev–Trinajstić information content (AvgIpc) is 3.30. The Bertz CT molecular complexity index is 1250. The molecule has 3 aromatic rings. The SMILES string of the molecule is CCCN1C(=O)c2ccccc2Sc2cc(-c3noc(C45CC6CC(CC(C6)C4)C5)n3)ccc21. The van der Waals surface area contributed by atoms with Gasteiger partial charge < -0.3 is 9.42 Å². The van der Waals surface area contributed by atoms with Crippen LogP contribution in [0.4, 0.5) is 5.69 Å². The third-order valence-electron chi connectivity index (χ3n) is 8.46. The number of nitrogens with zero attached hydrogens (tertiary/aromatic N) is 3. The summed E-state index contributed by atoms with van der Waals surface area (Å²) >= 11 is 1.65. The van der Waals surface area contributed by atoms with Crippen molar-refractivity contribution in [2.75, 3.05) is 11.4 Å². The Kier molecular flexibility index (Phi) is 4.70. The number of aromatic nitrogens is 2. The van der Waals surface area contributed by atoms with Crippen LogP contribution in [-0.2, 0) is 5.41 Å². The van der Waals surface area contributed by atoms with Crippen molar-refractivity contribution in [3.05, 3.63) is 53.9 Å². The molecule has 4 bridgehead atoms. The number of anilines is 1. The molecule has 4 fully saturated rings. The number of fused-ring (bicyclic) bond motifs is 2. The topological polar surface area (TPSA) is 59.2 Å². The fourth-order valence-corrected chi connectivity index (χ4v) is 8.56. The van der Waals surface area contributed by atoms with Crippen molar-refractivity contribution >= 4 is 23.4 Å². The molecule has 2 aromatic carbocycles. The van der Waals surface area contributed by atoms with Crippen LogP contribution in [0.2, 0.25) is 0 Å². The van der Waals surface area contributed by atoms with Crippen molar-refractivity contribution in [3.8, 4) is 11.4 Å².